The first-order valence-electron chi connectivity index (χ1n) is 7.10. The van der Waals surface area contributed by atoms with Crippen LogP contribution in [0, 0.1) is 5.92 Å². The van der Waals surface area contributed by atoms with Crippen LogP contribution in [0.15, 0.2) is 28.7 Å². The predicted molar refractivity (Wildman–Crippen MR) is 76.3 cm³/mol. The van der Waals surface area contributed by atoms with Crippen molar-refractivity contribution in [2.45, 2.75) is 25.8 Å². The molecule has 2 unspecified atom stereocenters. The number of rotatable bonds is 4. The highest BCUT2D eigenvalue weighted by Gasteiger charge is 2.30. The van der Waals surface area contributed by atoms with Gasteiger partial charge in [-0.25, -0.2) is 0 Å². The van der Waals surface area contributed by atoms with Crippen LogP contribution in [0.2, 0.25) is 0 Å². The van der Waals surface area contributed by atoms with Gasteiger partial charge in [-0.1, -0.05) is 25.1 Å². The van der Waals surface area contributed by atoms with Crippen LogP contribution < -0.4 is 5.32 Å². The van der Waals surface area contributed by atoms with Crippen molar-refractivity contribution in [2.75, 3.05) is 20.3 Å². The van der Waals surface area contributed by atoms with E-state index in [0.29, 0.717) is 12.0 Å². The fraction of sp³-hybridized carbons (Fsp3) is 0.500. The Morgan fingerprint density at radius 3 is 2.89 bits per heavy atom. The van der Waals surface area contributed by atoms with E-state index >= 15 is 0 Å². The maximum Gasteiger partial charge on any atom is 0.134 e. The SMILES string of the molecule is CCc1oc2ccccc2c1C(NC)C1CCOC1. The maximum atomic E-state index is 6.01. The Labute approximate surface area is 113 Å². The molecule has 19 heavy (non-hydrogen) atoms. The first-order chi connectivity index (χ1) is 9.35. The smallest absolute Gasteiger partial charge is 0.134 e. The van der Waals surface area contributed by atoms with Crippen LogP contribution in [0.5, 0.6) is 0 Å². The summed E-state index contributed by atoms with van der Waals surface area (Å²) in [5.41, 5.74) is 2.32. The Bertz CT molecular complexity index is 555. The van der Waals surface area contributed by atoms with Gasteiger partial charge in [-0.05, 0) is 19.5 Å². The van der Waals surface area contributed by atoms with Crippen LogP contribution in [-0.4, -0.2) is 20.3 Å². The molecule has 2 heterocycles. The number of benzene rings is 1. The molecule has 0 amide bonds. The Morgan fingerprint density at radius 2 is 2.21 bits per heavy atom. The van der Waals surface area contributed by atoms with E-state index in [1.165, 1.54) is 10.9 Å². The van der Waals surface area contributed by atoms with Crippen molar-refractivity contribution < 1.29 is 9.15 Å². The zero-order valence-electron chi connectivity index (χ0n) is 11.6. The van der Waals surface area contributed by atoms with Gasteiger partial charge in [0.2, 0.25) is 0 Å². The van der Waals surface area contributed by atoms with E-state index in [0.717, 1.165) is 37.4 Å². The second kappa shape index (κ2) is 5.35. The number of ether oxygens (including phenoxy) is 1. The van der Waals surface area contributed by atoms with Crippen LogP contribution in [0.1, 0.15) is 30.7 Å². The largest absolute Gasteiger partial charge is 0.461 e. The second-order valence-corrected chi connectivity index (χ2v) is 5.18. The Hall–Kier alpha value is -1.32. The molecule has 1 aliphatic heterocycles. The first kappa shape index (κ1) is 12.7. The number of nitrogens with one attached hydrogen (secondary N) is 1. The predicted octanol–water partition coefficient (Wildman–Crippen LogP) is 3.29. The number of hydrogen-bond acceptors (Lipinski definition) is 3. The lowest BCUT2D eigenvalue weighted by Gasteiger charge is -2.22. The molecule has 2 aromatic rings. The summed E-state index contributed by atoms with van der Waals surface area (Å²) in [6.07, 6.45) is 2.05. The summed E-state index contributed by atoms with van der Waals surface area (Å²) in [5, 5.41) is 4.71. The molecule has 1 aromatic carbocycles. The summed E-state index contributed by atoms with van der Waals surface area (Å²) in [4.78, 5) is 0. The Kier molecular flexibility index (Phi) is 3.58. The lowest BCUT2D eigenvalue weighted by Crippen LogP contribution is -2.26. The van der Waals surface area contributed by atoms with Gasteiger partial charge in [-0.3, -0.25) is 0 Å². The molecule has 102 valence electrons. The monoisotopic (exact) mass is 259 g/mol. The first-order valence-corrected chi connectivity index (χ1v) is 7.10. The fourth-order valence-electron chi connectivity index (χ4n) is 3.15. The third-order valence-electron chi connectivity index (χ3n) is 4.09. The highest BCUT2D eigenvalue weighted by atomic mass is 16.5. The minimum Gasteiger partial charge on any atom is -0.461 e. The minimum atomic E-state index is 0.320. The van der Waals surface area contributed by atoms with Gasteiger partial charge < -0.3 is 14.5 Å². The van der Waals surface area contributed by atoms with Gasteiger partial charge in [0.15, 0.2) is 0 Å². The summed E-state index contributed by atoms with van der Waals surface area (Å²) >= 11 is 0. The lowest BCUT2D eigenvalue weighted by molar-refractivity contribution is 0.177. The van der Waals surface area contributed by atoms with E-state index in [4.69, 9.17) is 9.15 Å². The second-order valence-electron chi connectivity index (χ2n) is 5.18. The molecule has 1 aromatic heterocycles. The van der Waals surface area contributed by atoms with Crippen molar-refractivity contribution in [2.24, 2.45) is 5.92 Å². The average Bonchev–Trinajstić information content (AvgIpc) is 3.08. The van der Waals surface area contributed by atoms with Crippen LogP contribution in [-0.2, 0) is 11.2 Å². The molecule has 1 fully saturated rings. The molecule has 2 atom stereocenters. The molecular weight excluding hydrogens is 238 g/mol. The molecular formula is C16H21NO2. The minimum absolute atomic E-state index is 0.320. The van der Waals surface area contributed by atoms with Crippen molar-refractivity contribution in [1.82, 2.24) is 5.32 Å². The third kappa shape index (κ3) is 2.17. The maximum absolute atomic E-state index is 6.01. The highest BCUT2D eigenvalue weighted by Crippen LogP contribution is 2.37. The third-order valence-corrected chi connectivity index (χ3v) is 4.09. The summed E-state index contributed by atoms with van der Waals surface area (Å²) in [7, 11) is 2.03. The van der Waals surface area contributed by atoms with E-state index in [-0.39, 0.29) is 0 Å². The summed E-state index contributed by atoms with van der Waals surface area (Å²) in [6.45, 7) is 3.87. The highest BCUT2D eigenvalue weighted by molar-refractivity contribution is 5.82. The molecule has 0 radical (unpaired) electrons. The van der Waals surface area contributed by atoms with Gasteiger partial charge in [0, 0.05) is 35.9 Å². The van der Waals surface area contributed by atoms with Crippen LogP contribution in [0.4, 0.5) is 0 Å². The normalized spacial score (nSPS) is 21.1. The van der Waals surface area contributed by atoms with Crippen LogP contribution in [0.25, 0.3) is 11.0 Å². The van der Waals surface area contributed by atoms with E-state index < -0.39 is 0 Å². The summed E-state index contributed by atoms with van der Waals surface area (Å²) in [5.74, 6) is 1.64. The van der Waals surface area contributed by atoms with Gasteiger partial charge in [-0.2, -0.15) is 0 Å². The van der Waals surface area contributed by atoms with Crippen molar-refractivity contribution in [3.8, 4) is 0 Å². The molecule has 1 aliphatic rings. The summed E-state index contributed by atoms with van der Waals surface area (Å²) < 4.78 is 11.6. The topological polar surface area (TPSA) is 34.4 Å². The molecule has 0 spiro atoms. The molecule has 0 aliphatic carbocycles. The molecule has 0 saturated carbocycles. The molecule has 3 rings (SSSR count). The Balaban J connectivity index is 2.10. The van der Waals surface area contributed by atoms with Crippen molar-refractivity contribution in [1.29, 1.82) is 0 Å². The Morgan fingerprint density at radius 1 is 1.37 bits per heavy atom. The lowest BCUT2D eigenvalue weighted by atomic mass is 9.90. The van der Waals surface area contributed by atoms with E-state index in [1.807, 2.05) is 13.1 Å². The summed E-state index contributed by atoms with van der Waals surface area (Å²) in [6, 6.07) is 8.64. The van der Waals surface area contributed by atoms with Gasteiger partial charge in [-0.15, -0.1) is 0 Å². The molecule has 1 saturated heterocycles. The van der Waals surface area contributed by atoms with Crippen molar-refractivity contribution >= 4 is 11.0 Å². The molecule has 1 N–H and O–H groups in total. The van der Waals surface area contributed by atoms with Crippen LogP contribution >= 0.6 is 0 Å². The number of aryl methyl sites for hydroxylation is 1. The van der Waals surface area contributed by atoms with Gasteiger partial charge in [0.25, 0.3) is 0 Å². The number of para-hydroxylation sites is 1. The van der Waals surface area contributed by atoms with Crippen LogP contribution in [0.3, 0.4) is 0 Å². The number of hydrogen-bond donors (Lipinski definition) is 1. The quantitative estimate of drug-likeness (QED) is 0.915. The molecule has 3 nitrogen and oxygen atoms in total. The molecule has 3 heteroatoms. The van der Waals surface area contributed by atoms with Gasteiger partial charge in [0.1, 0.15) is 11.3 Å². The van der Waals surface area contributed by atoms with Crippen molar-refractivity contribution in [3.05, 3.63) is 35.6 Å². The zero-order chi connectivity index (χ0) is 13.2. The van der Waals surface area contributed by atoms with Crippen molar-refractivity contribution in [3.63, 3.8) is 0 Å². The standard InChI is InChI=1S/C16H21NO2/c1-3-13-15(12-6-4-5-7-14(12)19-13)16(17-2)11-8-9-18-10-11/h4-7,11,16-17H,3,8-10H2,1-2H3. The van der Waals surface area contributed by atoms with E-state index in [1.54, 1.807) is 0 Å². The van der Waals surface area contributed by atoms with E-state index in [9.17, 15) is 0 Å². The molecule has 0 bridgehead atoms. The van der Waals surface area contributed by atoms with Gasteiger partial charge >= 0.3 is 0 Å². The van der Waals surface area contributed by atoms with E-state index in [2.05, 4.69) is 30.4 Å². The zero-order valence-corrected chi connectivity index (χ0v) is 11.6. The average molecular weight is 259 g/mol. The number of fused-ring (bicyclic) bond motifs is 1. The fourth-order valence-corrected chi connectivity index (χ4v) is 3.15. The van der Waals surface area contributed by atoms with Gasteiger partial charge in [0.05, 0.1) is 6.61 Å². The number of furan rings is 1.